The van der Waals surface area contributed by atoms with Gasteiger partial charge in [-0.25, -0.2) is 8.99 Å². The van der Waals surface area contributed by atoms with Gasteiger partial charge in [0.05, 0.1) is 9.73 Å². The summed E-state index contributed by atoms with van der Waals surface area (Å²) in [6.07, 6.45) is 1.44. The molecule has 0 aliphatic heterocycles. The minimum Gasteiger partial charge on any atom is -0.249 e. The fourth-order valence-electron chi connectivity index (χ4n) is 1.54. The lowest BCUT2D eigenvalue weighted by Crippen LogP contribution is -1.93. The van der Waals surface area contributed by atoms with Crippen LogP contribution in [0.5, 0.6) is 0 Å². The van der Waals surface area contributed by atoms with Crippen molar-refractivity contribution < 1.29 is 4.21 Å². The fraction of sp³-hybridized carbons (Fsp3) is 0.0769. The van der Waals surface area contributed by atoms with Crippen LogP contribution in [-0.2, 0) is 9.73 Å². The summed E-state index contributed by atoms with van der Waals surface area (Å²) in [5.41, 5.74) is 2.20. The first-order valence-corrected chi connectivity index (χ1v) is 6.93. The molecule has 82 valence electrons. The second-order valence-corrected chi connectivity index (χ2v) is 5.89. The van der Waals surface area contributed by atoms with Gasteiger partial charge < -0.3 is 0 Å². The van der Waals surface area contributed by atoms with Crippen molar-refractivity contribution in [1.82, 2.24) is 0 Å². The van der Waals surface area contributed by atoms with Crippen molar-refractivity contribution in [3.63, 3.8) is 0 Å². The van der Waals surface area contributed by atoms with E-state index >= 15 is 0 Å². The predicted octanol–water partition coefficient (Wildman–Crippen LogP) is 3.39. The Morgan fingerprint density at radius 3 is 1.88 bits per heavy atom. The van der Waals surface area contributed by atoms with Crippen LogP contribution in [0.15, 0.2) is 59.5 Å². The van der Waals surface area contributed by atoms with Crippen molar-refractivity contribution in [1.29, 1.82) is 4.78 Å². The molecular formula is C13H13NOS. The van der Waals surface area contributed by atoms with Gasteiger partial charge in [-0.1, -0.05) is 42.5 Å². The first-order chi connectivity index (χ1) is 7.57. The van der Waals surface area contributed by atoms with E-state index in [-0.39, 0.29) is 0 Å². The smallest absolute Gasteiger partial charge is 0.0696 e. The van der Waals surface area contributed by atoms with E-state index in [4.69, 9.17) is 4.78 Å². The highest BCUT2D eigenvalue weighted by molar-refractivity contribution is 7.91. The summed E-state index contributed by atoms with van der Waals surface area (Å²) >= 11 is 0. The zero-order valence-corrected chi connectivity index (χ0v) is 9.83. The standard InChI is InChI=1S/C13H13NOS/c1-16(14,15)13-9-7-12(8-10-13)11-5-3-2-4-6-11/h2-10,14H,1H3. The Hall–Kier alpha value is -1.61. The van der Waals surface area contributed by atoms with Gasteiger partial charge in [0.1, 0.15) is 0 Å². The van der Waals surface area contributed by atoms with Gasteiger partial charge in [0.25, 0.3) is 0 Å². The first-order valence-electron chi connectivity index (χ1n) is 4.97. The minimum absolute atomic E-state index is 0.576. The maximum Gasteiger partial charge on any atom is 0.0696 e. The molecule has 1 N–H and O–H groups in total. The minimum atomic E-state index is -2.60. The van der Waals surface area contributed by atoms with E-state index in [1.807, 2.05) is 42.5 Å². The van der Waals surface area contributed by atoms with Crippen LogP contribution < -0.4 is 0 Å². The van der Waals surface area contributed by atoms with Gasteiger partial charge in [-0.2, -0.15) is 0 Å². The molecule has 0 saturated heterocycles. The number of hydrogen-bond donors (Lipinski definition) is 1. The Kier molecular flexibility index (Phi) is 2.79. The summed E-state index contributed by atoms with van der Waals surface area (Å²) in [6, 6.07) is 17.3. The van der Waals surface area contributed by atoms with Crippen LogP contribution in [0, 0.1) is 4.78 Å². The SMILES string of the molecule is CS(=N)(=O)c1ccc(-c2ccccc2)cc1. The van der Waals surface area contributed by atoms with Gasteiger partial charge in [0, 0.05) is 11.2 Å². The molecule has 1 unspecified atom stereocenters. The molecule has 0 fully saturated rings. The Morgan fingerprint density at radius 2 is 1.38 bits per heavy atom. The largest absolute Gasteiger partial charge is 0.249 e. The lowest BCUT2D eigenvalue weighted by atomic mass is 10.1. The van der Waals surface area contributed by atoms with Crippen molar-refractivity contribution >= 4 is 9.73 Å². The summed E-state index contributed by atoms with van der Waals surface area (Å²) in [4.78, 5) is 0.576. The highest BCUT2D eigenvalue weighted by Gasteiger charge is 2.03. The van der Waals surface area contributed by atoms with E-state index in [0.717, 1.165) is 11.1 Å². The summed E-state index contributed by atoms with van der Waals surface area (Å²) in [5, 5.41) is 0. The number of hydrogen-bond acceptors (Lipinski definition) is 2. The van der Waals surface area contributed by atoms with Gasteiger partial charge in [-0.3, -0.25) is 0 Å². The molecule has 0 spiro atoms. The first kappa shape index (κ1) is 10.9. The molecule has 0 aromatic heterocycles. The molecule has 1 atom stereocenters. The third-order valence-corrected chi connectivity index (χ3v) is 3.58. The van der Waals surface area contributed by atoms with E-state index in [1.54, 1.807) is 12.1 Å². The molecule has 0 aliphatic carbocycles. The Morgan fingerprint density at radius 1 is 0.875 bits per heavy atom. The summed E-state index contributed by atoms with van der Waals surface area (Å²) in [7, 11) is -2.60. The summed E-state index contributed by atoms with van der Waals surface area (Å²) in [6.45, 7) is 0. The average Bonchev–Trinajstić information content (AvgIpc) is 2.29. The van der Waals surface area contributed by atoms with Crippen LogP contribution in [-0.4, -0.2) is 10.5 Å². The highest BCUT2D eigenvalue weighted by atomic mass is 32.2. The molecule has 2 rings (SSSR count). The molecule has 3 heteroatoms. The third kappa shape index (κ3) is 2.31. The van der Waals surface area contributed by atoms with E-state index < -0.39 is 9.73 Å². The van der Waals surface area contributed by atoms with Crippen molar-refractivity contribution in [2.75, 3.05) is 6.26 Å². The van der Waals surface area contributed by atoms with Crippen molar-refractivity contribution in [2.45, 2.75) is 4.90 Å². The van der Waals surface area contributed by atoms with Gasteiger partial charge in [-0.05, 0) is 23.3 Å². The lowest BCUT2D eigenvalue weighted by molar-refractivity contribution is 0.679. The van der Waals surface area contributed by atoms with Crippen LogP contribution in [0.3, 0.4) is 0 Å². The van der Waals surface area contributed by atoms with E-state index in [1.165, 1.54) is 6.26 Å². The monoisotopic (exact) mass is 231 g/mol. The Balaban J connectivity index is 2.41. The molecule has 2 aromatic carbocycles. The van der Waals surface area contributed by atoms with Gasteiger partial charge >= 0.3 is 0 Å². The van der Waals surface area contributed by atoms with Crippen molar-refractivity contribution in [3.8, 4) is 11.1 Å². The molecule has 0 heterocycles. The van der Waals surface area contributed by atoms with Crippen LogP contribution >= 0.6 is 0 Å². The highest BCUT2D eigenvalue weighted by Crippen LogP contribution is 2.20. The van der Waals surface area contributed by atoms with Gasteiger partial charge in [0.15, 0.2) is 0 Å². The van der Waals surface area contributed by atoms with Crippen LogP contribution in [0.25, 0.3) is 11.1 Å². The second-order valence-electron chi connectivity index (χ2n) is 3.73. The number of nitrogens with one attached hydrogen (secondary N) is 1. The van der Waals surface area contributed by atoms with E-state index in [9.17, 15) is 4.21 Å². The normalized spacial score (nSPS) is 14.3. The quantitative estimate of drug-likeness (QED) is 0.845. The zero-order chi connectivity index (χ0) is 11.6. The van der Waals surface area contributed by atoms with Crippen LogP contribution in [0.2, 0.25) is 0 Å². The molecule has 0 amide bonds. The molecule has 0 saturated carbocycles. The Bertz CT molecular complexity index is 571. The molecule has 0 aliphatic rings. The topological polar surface area (TPSA) is 40.9 Å². The van der Waals surface area contributed by atoms with Gasteiger partial charge in [0.2, 0.25) is 0 Å². The number of rotatable bonds is 2. The Labute approximate surface area is 95.9 Å². The van der Waals surface area contributed by atoms with E-state index in [2.05, 4.69) is 0 Å². The molecule has 2 aromatic rings. The molecule has 2 nitrogen and oxygen atoms in total. The molecule has 16 heavy (non-hydrogen) atoms. The molecule has 0 bridgehead atoms. The predicted molar refractivity (Wildman–Crippen MR) is 66.9 cm³/mol. The summed E-state index contributed by atoms with van der Waals surface area (Å²) in [5.74, 6) is 0. The average molecular weight is 231 g/mol. The zero-order valence-electron chi connectivity index (χ0n) is 9.01. The summed E-state index contributed by atoms with van der Waals surface area (Å²) < 4.78 is 19.0. The van der Waals surface area contributed by atoms with E-state index in [0.29, 0.717) is 4.90 Å². The molecular weight excluding hydrogens is 218 g/mol. The fourth-order valence-corrected chi connectivity index (χ4v) is 2.19. The third-order valence-electron chi connectivity index (χ3n) is 2.41. The number of benzene rings is 2. The maximum atomic E-state index is 11.5. The second kappa shape index (κ2) is 4.10. The van der Waals surface area contributed by atoms with Crippen LogP contribution in [0.4, 0.5) is 0 Å². The van der Waals surface area contributed by atoms with Gasteiger partial charge in [-0.15, -0.1) is 0 Å². The lowest BCUT2D eigenvalue weighted by Gasteiger charge is -2.04. The van der Waals surface area contributed by atoms with Crippen LogP contribution in [0.1, 0.15) is 0 Å². The van der Waals surface area contributed by atoms with Crippen molar-refractivity contribution in [2.24, 2.45) is 0 Å². The van der Waals surface area contributed by atoms with Crippen molar-refractivity contribution in [3.05, 3.63) is 54.6 Å². The molecule has 0 radical (unpaired) electrons. The maximum absolute atomic E-state index is 11.5.